The fraction of sp³-hybridized carbons (Fsp3) is 0.938. The second-order valence-electron chi connectivity index (χ2n) is 5.91. The highest BCUT2D eigenvalue weighted by molar-refractivity contribution is 14.0. The molecule has 5 nitrogen and oxygen atoms in total. The van der Waals surface area contributed by atoms with E-state index in [9.17, 15) is 0 Å². The molecule has 132 valence electrons. The Morgan fingerprint density at radius 2 is 1.95 bits per heavy atom. The van der Waals surface area contributed by atoms with Gasteiger partial charge in [0.15, 0.2) is 5.96 Å². The smallest absolute Gasteiger partial charge is 0.191 e. The van der Waals surface area contributed by atoms with Crippen LogP contribution in [-0.2, 0) is 9.47 Å². The molecular formula is C16H34IN3O2. The van der Waals surface area contributed by atoms with Crippen molar-refractivity contribution in [2.24, 2.45) is 10.4 Å². The van der Waals surface area contributed by atoms with Crippen LogP contribution in [0, 0.1) is 5.41 Å². The van der Waals surface area contributed by atoms with Crippen LogP contribution in [0.3, 0.4) is 0 Å². The van der Waals surface area contributed by atoms with Crippen LogP contribution in [-0.4, -0.2) is 53.0 Å². The zero-order chi connectivity index (χ0) is 15.4. The van der Waals surface area contributed by atoms with Gasteiger partial charge in [0.25, 0.3) is 0 Å². The molecule has 0 atom stereocenters. The quantitative estimate of drug-likeness (QED) is 0.231. The number of guanidine groups is 1. The Bertz CT molecular complexity index is 297. The van der Waals surface area contributed by atoms with Gasteiger partial charge in [-0.15, -0.1) is 24.0 Å². The maximum atomic E-state index is 5.54. The van der Waals surface area contributed by atoms with Gasteiger partial charge in [0.1, 0.15) is 0 Å². The Hall–Kier alpha value is -0.0800. The van der Waals surface area contributed by atoms with Crippen LogP contribution in [0.5, 0.6) is 0 Å². The number of nitrogens with zero attached hydrogens (tertiary/aromatic N) is 1. The van der Waals surface area contributed by atoms with E-state index in [-0.39, 0.29) is 24.0 Å². The highest BCUT2D eigenvalue weighted by atomic mass is 127. The van der Waals surface area contributed by atoms with E-state index in [1.54, 1.807) is 7.11 Å². The van der Waals surface area contributed by atoms with E-state index in [0.29, 0.717) is 5.41 Å². The topological polar surface area (TPSA) is 54.9 Å². The first-order valence-corrected chi connectivity index (χ1v) is 8.27. The molecule has 0 radical (unpaired) electrons. The molecule has 1 aliphatic rings. The monoisotopic (exact) mass is 427 g/mol. The Balaban J connectivity index is 0.00000441. The SMILES string of the molecule is CCCCOCCNC(=NC)NCC1(CCOC)CCC1.I. The van der Waals surface area contributed by atoms with E-state index in [2.05, 4.69) is 22.5 Å². The van der Waals surface area contributed by atoms with Crippen molar-refractivity contribution in [3.05, 3.63) is 0 Å². The minimum atomic E-state index is 0. The number of nitrogens with one attached hydrogen (secondary N) is 2. The minimum absolute atomic E-state index is 0. The lowest BCUT2D eigenvalue weighted by Crippen LogP contribution is -2.47. The van der Waals surface area contributed by atoms with Crippen molar-refractivity contribution in [3.63, 3.8) is 0 Å². The first-order chi connectivity index (χ1) is 10.3. The second kappa shape index (κ2) is 13.4. The third-order valence-electron chi connectivity index (χ3n) is 4.29. The summed E-state index contributed by atoms with van der Waals surface area (Å²) in [6.07, 6.45) is 7.37. The normalized spacial score (nSPS) is 16.6. The van der Waals surface area contributed by atoms with E-state index in [4.69, 9.17) is 9.47 Å². The van der Waals surface area contributed by atoms with Gasteiger partial charge in [0.2, 0.25) is 0 Å². The van der Waals surface area contributed by atoms with Crippen molar-refractivity contribution in [1.82, 2.24) is 10.6 Å². The molecule has 0 aromatic heterocycles. The first kappa shape index (κ1) is 21.9. The Morgan fingerprint density at radius 3 is 2.50 bits per heavy atom. The molecule has 0 bridgehead atoms. The van der Waals surface area contributed by atoms with E-state index in [0.717, 1.165) is 51.7 Å². The third-order valence-corrected chi connectivity index (χ3v) is 4.29. The molecule has 1 rings (SSSR count). The van der Waals surface area contributed by atoms with E-state index >= 15 is 0 Å². The predicted octanol–water partition coefficient (Wildman–Crippen LogP) is 2.79. The van der Waals surface area contributed by atoms with Gasteiger partial charge in [-0.2, -0.15) is 0 Å². The number of unbranched alkanes of at least 4 members (excludes halogenated alkanes) is 1. The van der Waals surface area contributed by atoms with Gasteiger partial charge in [-0.25, -0.2) is 0 Å². The average Bonchev–Trinajstić information content (AvgIpc) is 2.47. The third kappa shape index (κ3) is 8.53. The predicted molar refractivity (Wildman–Crippen MR) is 103 cm³/mol. The van der Waals surface area contributed by atoms with Crippen LogP contribution in [0.15, 0.2) is 4.99 Å². The maximum Gasteiger partial charge on any atom is 0.191 e. The summed E-state index contributed by atoms with van der Waals surface area (Å²) in [6.45, 7) is 6.38. The van der Waals surface area contributed by atoms with Gasteiger partial charge in [0.05, 0.1) is 6.61 Å². The molecule has 0 aliphatic heterocycles. The number of ether oxygens (including phenoxy) is 2. The number of hydrogen-bond donors (Lipinski definition) is 2. The summed E-state index contributed by atoms with van der Waals surface area (Å²) in [5, 5.41) is 6.76. The van der Waals surface area contributed by atoms with E-state index < -0.39 is 0 Å². The first-order valence-electron chi connectivity index (χ1n) is 8.27. The molecule has 0 heterocycles. The molecule has 0 unspecified atom stereocenters. The van der Waals surface area contributed by atoms with Crippen molar-refractivity contribution < 1.29 is 9.47 Å². The summed E-state index contributed by atoms with van der Waals surface area (Å²) < 4.78 is 10.8. The fourth-order valence-corrected chi connectivity index (χ4v) is 2.59. The number of rotatable bonds is 11. The highest BCUT2D eigenvalue weighted by Crippen LogP contribution is 2.43. The summed E-state index contributed by atoms with van der Waals surface area (Å²) in [5.74, 6) is 0.873. The van der Waals surface area contributed by atoms with Crippen LogP contribution >= 0.6 is 24.0 Å². The van der Waals surface area contributed by atoms with Crippen molar-refractivity contribution >= 4 is 29.9 Å². The Morgan fingerprint density at radius 1 is 1.18 bits per heavy atom. The average molecular weight is 427 g/mol. The maximum absolute atomic E-state index is 5.54. The van der Waals surface area contributed by atoms with Crippen molar-refractivity contribution in [3.8, 4) is 0 Å². The second-order valence-corrected chi connectivity index (χ2v) is 5.91. The van der Waals surface area contributed by atoms with Gasteiger partial charge in [-0.05, 0) is 31.1 Å². The molecule has 0 aromatic carbocycles. The minimum Gasteiger partial charge on any atom is -0.385 e. The lowest BCUT2D eigenvalue weighted by atomic mass is 9.67. The van der Waals surface area contributed by atoms with Crippen molar-refractivity contribution in [2.45, 2.75) is 45.4 Å². The summed E-state index contributed by atoms with van der Waals surface area (Å²) >= 11 is 0. The lowest BCUT2D eigenvalue weighted by molar-refractivity contribution is 0.0732. The van der Waals surface area contributed by atoms with E-state index in [1.165, 1.54) is 25.7 Å². The molecule has 2 N–H and O–H groups in total. The Labute approximate surface area is 153 Å². The van der Waals surface area contributed by atoms with Crippen molar-refractivity contribution in [2.75, 3.05) is 47.1 Å². The summed E-state index contributed by atoms with van der Waals surface area (Å²) in [7, 11) is 3.59. The highest BCUT2D eigenvalue weighted by Gasteiger charge is 2.36. The summed E-state index contributed by atoms with van der Waals surface area (Å²) in [4.78, 5) is 4.27. The number of methoxy groups -OCH3 is 1. The van der Waals surface area contributed by atoms with Gasteiger partial charge in [-0.3, -0.25) is 4.99 Å². The van der Waals surface area contributed by atoms with Crippen LogP contribution in [0.4, 0.5) is 0 Å². The van der Waals surface area contributed by atoms with Crippen LogP contribution in [0.2, 0.25) is 0 Å². The van der Waals surface area contributed by atoms with Crippen LogP contribution in [0.25, 0.3) is 0 Å². The van der Waals surface area contributed by atoms with Gasteiger partial charge >= 0.3 is 0 Å². The zero-order valence-electron chi connectivity index (χ0n) is 14.5. The standard InChI is InChI=1S/C16H33N3O2.HI/c1-4-5-11-21-13-10-18-15(17-2)19-14-16(7-6-8-16)9-12-20-3;/h4-14H2,1-3H3,(H2,17,18,19);1H. The molecule has 0 amide bonds. The molecular weight excluding hydrogens is 393 g/mol. The molecule has 6 heteroatoms. The summed E-state index contributed by atoms with van der Waals surface area (Å²) in [6, 6.07) is 0. The molecule has 1 fully saturated rings. The lowest BCUT2D eigenvalue weighted by Gasteiger charge is -2.42. The van der Waals surface area contributed by atoms with Gasteiger partial charge in [-0.1, -0.05) is 19.8 Å². The molecule has 0 aromatic rings. The molecule has 0 saturated heterocycles. The molecule has 22 heavy (non-hydrogen) atoms. The number of hydrogen-bond acceptors (Lipinski definition) is 3. The fourth-order valence-electron chi connectivity index (χ4n) is 2.59. The number of aliphatic imine (C=N–C) groups is 1. The van der Waals surface area contributed by atoms with Crippen molar-refractivity contribution in [1.29, 1.82) is 0 Å². The van der Waals surface area contributed by atoms with Gasteiger partial charge < -0.3 is 20.1 Å². The largest absolute Gasteiger partial charge is 0.385 e. The molecule has 1 saturated carbocycles. The van der Waals surface area contributed by atoms with Gasteiger partial charge in [0, 0.05) is 40.5 Å². The Kier molecular flexibility index (Phi) is 13.3. The molecule has 0 spiro atoms. The summed E-state index contributed by atoms with van der Waals surface area (Å²) in [5.41, 5.74) is 0.408. The van der Waals surface area contributed by atoms with Crippen LogP contribution < -0.4 is 10.6 Å². The number of halogens is 1. The van der Waals surface area contributed by atoms with Crippen LogP contribution in [0.1, 0.15) is 45.4 Å². The zero-order valence-corrected chi connectivity index (χ0v) is 16.8. The molecule has 1 aliphatic carbocycles. The van der Waals surface area contributed by atoms with E-state index in [1.807, 2.05) is 7.05 Å².